The van der Waals surface area contributed by atoms with E-state index in [0.29, 0.717) is 0 Å². The Hall–Kier alpha value is -2.36. The number of pyridine rings is 1. The summed E-state index contributed by atoms with van der Waals surface area (Å²) in [6.45, 7) is 2.87. The van der Waals surface area contributed by atoms with Crippen LogP contribution in [-0.4, -0.2) is 16.7 Å². The minimum absolute atomic E-state index is 0.761. The molecular weight excluding hydrogens is 252 g/mol. The van der Waals surface area contributed by atoms with Crippen molar-refractivity contribution >= 4 is 10.8 Å². The van der Waals surface area contributed by atoms with Crippen molar-refractivity contribution in [3.05, 3.63) is 41.8 Å². The van der Waals surface area contributed by atoms with Gasteiger partial charge in [-0.3, -0.25) is 4.98 Å². The lowest BCUT2D eigenvalue weighted by atomic mass is 10.0. The molecule has 3 heterocycles. The van der Waals surface area contributed by atoms with E-state index in [2.05, 4.69) is 30.3 Å². The molecule has 100 valence electrons. The van der Waals surface area contributed by atoms with Gasteiger partial charge in [-0.2, -0.15) is 0 Å². The number of aromatic nitrogens is 2. The van der Waals surface area contributed by atoms with Gasteiger partial charge in [0.2, 0.25) is 0 Å². The van der Waals surface area contributed by atoms with Crippen molar-refractivity contribution in [2.24, 2.45) is 0 Å². The number of aryl methyl sites for hydroxylation is 1. The van der Waals surface area contributed by atoms with Gasteiger partial charge in [0.1, 0.15) is 17.7 Å². The smallest absolute Gasteiger partial charge is 0.132 e. The SMILES string of the molecule is CCc1nc(-c2ccon2)cc2c3c(ccc12)CCO3. The molecule has 4 nitrogen and oxygen atoms in total. The Morgan fingerprint density at radius 2 is 2.10 bits per heavy atom. The molecule has 0 bridgehead atoms. The summed E-state index contributed by atoms with van der Waals surface area (Å²) in [4.78, 5) is 4.71. The van der Waals surface area contributed by atoms with Crippen LogP contribution in [0.25, 0.3) is 22.2 Å². The van der Waals surface area contributed by atoms with Gasteiger partial charge in [-0.05, 0) is 18.1 Å². The molecule has 0 saturated heterocycles. The summed E-state index contributed by atoms with van der Waals surface area (Å²) in [5.41, 5.74) is 3.94. The second kappa shape index (κ2) is 4.34. The molecule has 1 aliphatic heterocycles. The van der Waals surface area contributed by atoms with Crippen LogP contribution in [0.5, 0.6) is 5.75 Å². The van der Waals surface area contributed by atoms with Crippen molar-refractivity contribution < 1.29 is 9.26 Å². The molecule has 4 rings (SSSR count). The zero-order valence-corrected chi connectivity index (χ0v) is 11.2. The van der Waals surface area contributed by atoms with E-state index in [0.717, 1.165) is 47.7 Å². The number of hydrogen-bond donors (Lipinski definition) is 0. The second-order valence-corrected chi connectivity index (χ2v) is 4.94. The van der Waals surface area contributed by atoms with Crippen LogP contribution in [0.2, 0.25) is 0 Å². The van der Waals surface area contributed by atoms with Gasteiger partial charge in [-0.15, -0.1) is 0 Å². The number of rotatable bonds is 2. The highest BCUT2D eigenvalue weighted by Gasteiger charge is 2.18. The lowest BCUT2D eigenvalue weighted by Crippen LogP contribution is -1.95. The standard InChI is InChI=1S/C16H14N2O2/c1-2-13-11-4-3-10-5-7-19-16(10)12(11)9-15(17-13)14-6-8-20-18-14/h3-4,6,8-9H,2,5,7H2,1H3. The average Bonchev–Trinajstić information content (AvgIpc) is 3.16. The Balaban J connectivity index is 2.04. The van der Waals surface area contributed by atoms with Gasteiger partial charge >= 0.3 is 0 Å². The van der Waals surface area contributed by atoms with Gasteiger partial charge in [0, 0.05) is 29.0 Å². The first-order valence-corrected chi connectivity index (χ1v) is 6.86. The highest BCUT2D eigenvalue weighted by atomic mass is 16.5. The molecule has 3 aromatic rings. The third-order valence-corrected chi connectivity index (χ3v) is 3.78. The third kappa shape index (κ3) is 1.61. The number of benzene rings is 1. The van der Waals surface area contributed by atoms with Crippen LogP contribution < -0.4 is 4.74 Å². The van der Waals surface area contributed by atoms with Gasteiger partial charge < -0.3 is 9.26 Å². The van der Waals surface area contributed by atoms with Crippen LogP contribution >= 0.6 is 0 Å². The van der Waals surface area contributed by atoms with E-state index in [1.165, 1.54) is 10.9 Å². The van der Waals surface area contributed by atoms with Crippen LogP contribution in [0.3, 0.4) is 0 Å². The fraction of sp³-hybridized carbons (Fsp3) is 0.250. The van der Waals surface area contributed by atoms with Crippen LogP contribution in [0, 0.1) is 0 Å². The van der Waals surface area contributed by atoms with Crippen molar-refractivity contribution in [1.29, 1.82) is 0 Å². The number of fused-ring (bicyclic) bond motifs is 3. The first-order chi connectivity index (χ1) is 9.86. The fourth-order valence-electron chi connectivity index (χ4n) is 2.79. The van der Waals surface area contributed by atoms with Crippen LogP contribution in [0.4, 0.5) is 0 Å². The lowest BCUT2D eigenvalue weighted by Gasteiger charge is -2.10. The Bertz CT molecular complexity index is 779. The summed E-state index contributed by atoms with van der Waals surface area (Å²) in [5, 5.41) is 6.28. The molecule has 0 spiro atoms. The summed E-state index contributed by atoms with van der Waals surface area (Å²) >= 11 is 0. The predicted octanol–water partition coefficient (Wildman–Crippen LogP) is 3.39. The van der Waals surface area contributed by atoms with Gasteiger partial charge in [0.25, 0.3) is 0 Å². The molecule has 0 aliphatic carbocycles. The van der Waals surface area contributed by atoms with Crippen molar-refractivity contribution in [1.82, 2.24) is 10.1 Å². The maximum Gasteiger partial charge on any atom is 0.132 e. The second-order valence-electron chi connectivity index (χ2n) is 4.94. The molecule has 1 aliphatic rings. The quantitative estimate of drug-likeness (QED) is 0.713. The van der Waals surface area contributed by atoms with Crippen LogP contribution in [-0.2, 0) is 12.8 Å². The lowest BCUT2D eigenvalue weighted by molar-refractivity contribution is 0.360. The van der Waals surface area contributed by atoms with Crippen molar-refractivity contribution in [2.75, 3.05) is 6.61 Å². The normalized spacial score (nSPS) is 13.4. The molecular formula is C16H14N2O2. The zero-order chi connectivity index (χ0) is 13.5. The first-order valence-electron chi connectivity index (χ1n) is 6.86. The highest BCUT2D eigenvalue weighted by molar-refractivity contribution is 5.94. The topological polar surface area (TPSA) is 48.2 Å². The molecule has 2 aromatic heterocycles. The highest BCUT2D eigenvalue weighted by Crippen LogP contribution is 2.36. The van der Waals surface area contributed by atoms with E-state index < -0.39 is 0 Å². The predicted molar refractivity (Wildman–Crippen MR) is 75.8 cm³/mol. The minimum atomic E-state index is 0.761. The fourth-order valence-corrected chi connectivity index (χ4v) is 2.79. The van der Waals surface area contributed by atoms with E-state index in [4.69, 9.17) is 14.2 Å². The third-order valence-electron chi connectivity index (χ3n) is 3.78. The molecule has 1 aromatic carbocycles. The number of hydrogen-bond acceptors (Lipinski definition) is 4. The summed E-state index contributed by atoms with van der Waals surface area (Å²) in [6.07, 6.45) is 3.42. The summed E-state index contributed by atoms with van der Waals surface area (Å²) in [6, 6.07) is 8.19. The molecule has 4 heteroatoms. The van der Waals surface area contributed by atoms with E-state index in [1.807, 2.05) is 6.07 Å². The molecule has 0 N–H and O–H groups in total. The van der Waals surface area contributed by atoms with Gasteiger partial charge in [0.05, 0.1) is 12.3 Å². The van der Waals surface area contributed by atoms with Gasteiger partial charge in [-0.1, -0.05) is 24.2 Å². The Morgan fingerprint density at radius 3 is 2.90 bits per heavy atom. The Morgan fingerprint density at radius 1 is 1.15 bits per heavy atom. The van der Waals surface area contributed by atoms with Crippen LogP contribution in [0.15, 0.2) is 35.1 Å². The molecule has 0 fully saturated rings. The Kier molecular flexibility index (Phi) is 2.49. The van der Waals surface area contributed by atoms with E-state index in [9.17, 15) is 0 Å². The van der Waals surface area contributed by atoms with Crippen molar-refractivity contribution in [2.45, 2.75) is 19.8 Å². The monoisotopic (exact) mass is 266 g/mol. The zero-order valence-electron chi connectivity index (χ0n) is 11.2. The molecule has 0 saturated carbocycles. The molecule has 0 radical (unpaired) electrons. The van der Waals surface area contributed by atoms with E-state index in [-0.39, 0.29) is 0 Å². The Labute approximate surface area is 116 Å². The summed E-state index contributed by atoms with van der Waals surface area (Å²) < 4.78 is 10.7. The summed E-state index contributed by atoms with van der Waals surface area (Å²) in [5.74, 6) is 1.00. The first kappa shape index (κ1) is 11.5. The summed E-state index contributed by atoms with van der Waals surface area (Å²) in [7, 11) is 0. The minimum Gasteiger partial charge on any atom is -0.492 e. The van der Waals surface area contributed by atoms with Crippen LogP contribution in [0.1, 0.15) is 18.2 Å². The van der Waals surface area contributed by atoms with Crippen molar-refractivity contribution in [3.63, 3.8) is 0 Å². The average molecular weight is 266 g/mol. The molecule has 20 heavy (non-hydrogen) atoms. The molecule has 0 atom stereocenters. The van der Waals surface area contributed by atoms with Gasteiger partial charge in [0.15, 0.2) is 0 Å². The van der Waals surface area contributed by atoms with E-state index in [1.54, 1.807) is 6.26 Å². The maximum atomic E-state index is 5.81. The van der Waals surface area contributed by atoms with E-state index >= 15 is 0 Å². The number of nitrogens with zero attached hydrogens (tertiary/aromatic N) is 2. The number of ether oxygens (including phenoxy) is 1. The molecule has 0 unspecified atom stereocenters. The van der Waals surface area contributed by atoms with Gasteiger partial charge in [-0.25, -0.2) is 0 Å². The van der Waals surface area contributed by atoms with Crippen molar-refractivity contribution in [3.8, 4) is 17.1 Å². The largest absolute Gasteiger partial charge is 0.492 e. The maximum absolute atomic E-state index is 5.81. The molecule has 0 amide bonds.